The first-order valence-electron chi connectivity index (χ1n) is 5.46. The maximum Gasteiger partial charge on any atom is 0.322 e. The third-order valence-electron chi connectivity index (χ3n) is 2.32. The number of aliphatic carboxylic acids is 1. The molecule has 4 N–H and O–H groups in total. The van der Waals surface area contributed by atoms with Crippen LogP contribution in [-0.4, -0.2) is 37.5 Å². The van der Waals surface area contributed by atoms with Crippen molar-refractivity contribution in [1.29, 1.82) is 0 Å². The van der Waals surface area contributed by atoms with E-state index in [9.17, 15) is 4.79 Å². The highest BCUT2D eigenvalue weighted by atomic mass is 35.5. The summed E-state index contributed by atoms with van der Waals surface area (Å²) < 4.78 is 1.17. The number of nitrogens with zero attached hydrogens (tertiary/aromatic N) is 3. The topological polar surface area (TPSA) is 106 Å². The van der Waals surface area contributed by atoms with Crippen LogP contribution >= 0.6 is 23.8 Å². The van der Waals surface area contributed by atoms with Gasteiger partial charge in [-0.15, -0.1) is 5.10 Å². The number of aromatic nitrogens is 3. The van der Waals surface area contributed by atoms with Crippen LogP contribution in [-0.2, 0) is 4.79 Å². The summed E-state index contributed by atoms with van der Waals surface area (Å²) in [7, 11) is 0. The van der Waals surface area contributed by atoms with Crippen molar-refractivity contribution >= 4 is 40.8 Å². The van der Waals surface area contributed by atoms with E-state index in [2.05, 4.69) is 15.4 Å². The Hall–Kier alpha value is -2.19. The van der Waals surface area contributed by atoms with Gasteiger partial charge in [-0.1, -0.05) is 11.6 Å². The standard InChI is InChI=1S/C11H10ClN5O2S/c12-7-3-1-6(2-4-7)9-15-10(13)17(16-9)11(20)14-5-8(18)19/h1-4H,5H2,(H,14,20)(H,18,19)(H2,13,15,16). The van der Waals surface area contributed by atoms with E-state index in [1.807, 2.05) is 0 Å². The van der Waals surface area contributed by atoms with Crippen LogP contribution in [0.5, 0.6) is 0 Å². The number of nitrogens with two attached hydrogens (primary N) is 1. The van der Waals surface area contributed by atoms with Gasteiger partial charge in [0.25, 0.3) is 0 Å². The Bertz CT molecular complexity index is 655. The Morgan fingerprint density at radius 3 is 2.70 bits per heavy atom. The van der Waals surface area contributed by atoms with Crippen LogP contribution in [0.2, 0.25) is 5.02 Å². The molecule has 2 aromatic rings. The van der Waals surface area contributed by atoms with Crippen LogP contribution < -0.4 is 11.1 Å². The van der Waals surface area contributed by atoms with Gasteiger partial charge < -0.3 is 16.2 Å². The minimum Gasteiger partial charge on any atom is -0.480 e. The molecule has 2 rings (SSSR count). The molecule has 0 atom stereocenters. The van der Waals surface area contributed by atoms with Crippen molar-refractivity contribution in [3.05, 3.63) is 29.3 Å². The van der Waals surface area contributed by atoms with Gasteiger partial charge in [0.1, 0.15) is 6.54 Å². The Morgan fingerprint density at radius 2 is 2.10 bits per heavy atom. The second-order valence-electron chi connectivity index (χ2n) is 3.76. The lowest BCUT2D eigenvalue weighted by atomic mass is 10.2. The Balaban J connectivity index is 2.23. The molecule has 20 heavy (non-hydrogen) atoms. The third kappa shape index (κ3) is 3.22. The van der Waals surface area contributed by atoms with Crippen molar-refractivity contribution in [3.8, 4) is 11.4 Å². The fraction of sp³-hybridized carbons (Fsp3) is 0.0909. The number of halogens is 1. The van der Waals surface area contributed by atoms with Gasteiger partial charge in [0, 0.05) is 10.6 Å². The van der Waals surface area contributed by atoms with Crippen molar-refractivity contribution in [2.75, 3.05) is 12.3 Å². The summed E-state index contributed by atoms with van der Waals surface area (Å²) in [5.74, 6) is -0.597. The second kappa shape index (κ2) is 5.85. The molecule has 0 fully saturated rings. The first-order valence-corrected chi connectivity index (χ1v) is 6.24. The van der Waals surface area contributed by atoms with Crippen LogP contribution in [0, 0.1) is 0 Å². The van der Waals surface area contributed by atoms with Gasteiger partial charge in [0.15, 0.2) is 10.9 Å². The molecular formula is C11H10ClN5O2S. The molecule has 0 spiro atoms. The molecular weight excluding hydrogens is 302 g/mol. The Morgan fingerprint density at radius 1 is 1.45 bits per heavy atom. The average molecular weight is 312 g/mol. The molecule has 0 aliphatic heterocycles. The summed E-state index contributed by atoms with van der Waals surface area (Å²) in [6, 6.07) is 6.90. The van der Waals surface area contributed by atoms with Crippen molar-refractivity contribution < 1.29 is 9.90 Å². The molecule has 1 heterocycles. The smallest absolute Gasteiger partial charge is 0.322 e. The fourth-order valence-electron chi connectivity index (χ4n) is 1.42. The summed E-state index contributed by atoms with van der Waals surface area (Å²) >= 11 is 10.8. The van der Waals surface area contributed by atoms with Gasteiger partial charge >= 0.3 is 5.97 Å². The summed E-state index contributed by atoms with van der Waals surface area (Å²) in [5.41, 5.74) is 6.43. The lowest BCUT2D eigenvalue weighted by Gasteiger charge is -2.05. The number of carboxylic acid groups (broad SMARTS) is 1. The normalized spacial score (nSPS) is 10.2. The van der Waals surface area contributed by atoms with E-state index in [1.54, 1.807) is 24.3 Å². The third-order valence-corrected chi connectivity index (χ3v) is 2.89. The van der Waals surface area contributed by atoms with E-state index >= 15 is 0 Å². The molecule has 9 heteroatoms. The average Bonchev–Trinajstić information content (AvgIpc) is 2.79. The number of rotatable bonds is 3. The molecule has 0 radical (unpaired) electrons. The molecule has 7 nitrogen and oxygen atoms in total. The number of hydrogen-bond donors (Lipinski definition) is 3. The first-order chi connectivity index (χ1) is 9.47. The number of thiocarbonyl (C=S) groups is 1. The minimum atomic E-state index is -1.04. The minimum absolute atomic E-state index is 0.0672. The van der Waals surface area contributed by atoms with E-state index in [4.69, 9.17) is 34.7 Å². The molecule has 0 saturated carbocycles. The van der Waals surface area contributed by atoms with Crippen molar-refractivity contribution in [3.63, 3.8) is 0 Å². The zero-order valence-corrected chi connectivity index (χ0v) is 11.6. The van der Waals surface area contributed by atoms with Crippen LogP contribution in [0.25, 0.3) is 11.4 Å². The van der Waals surface area contributed by atoms with Crippen molar-refractivity contribution in [2.24, 2.45) is 0 Å². The number of carboxylic acids is 1. The molecule has 0 aliphatic rings. The van der Waals surface area contributed by atoms with Crippen molar-refractivity contribution in [2.45, 2.75) is 0 Å². The van der Waals surface area contributed by atoms with Gasteiger partial charge in [-0.05, 0) is 36.5 Å². The molecule has 0 saturated heterocycles. The molecule has 0 amide bonds. The summed E-state index contributed by atoms with van der Waals surface area (Å²) in [5, 5.41) is 15.9. The van der Waals surface area contributed by atoms with Crippen LogP contribution in [0.4, 0.5) is 5.95 Å². The lowest BCUT2D eigenvalue weighted by Crippen LogP contribution is -2.34. The van der Waals surface area contributed by atoms with Gasteiger partial charge in [-0.3, -0.25) is 4.79 Å². The highest BCUT2D eigenvalue weighted by Crippen LogP contribution is 2.19. The zero-order valence-electron chi connectivity index (χ0n) is 10.1. The van der Waals surface area contributed by atoms with Crippen LogP contribution in [0.15, 0.2) is 24.3 Å². The number of hydrogen-bond acceptors (Lipinski definition) is 5. The number of anilines is 1. The number of nitrogens with one attached hydrogen (secondary N) is 1. The predicted octanol–water partition coefficient (Wildman–Crippen LogP) is 0.988. The molecule has 0 bridgehead atoms. The number of carbonyl (C=O) groups is 1. The second-order valence-corrected chi connectivity index (χ2v) is 4.59. The maximum atomic E-state index is 10.5. The van der Waals surface area contributed by atoms with E-state index in [-0.39, 0.29) is 17.6 Å². The zero-order chi connectivity index (χ0) is 14.7. The van der Waals surface area contributed by atoms with Crippen molar-refractivity contribution in [1.82, 2.24) is 20.1 Å². The quantitative estimate of drug-likeness (QED) is 0.726. The summed E-state index contributed by atoms with van der Waals surface area (Å²) in [6.07, 6.45) is 0. The molecule has 1 aromatic carbocycles. The highest BCUT2D eigenvalue weighted by molar-refractivity contribution is 7.80. The van der Waals surface area contributed by atoms with Gasteiger partial charge in [-0.2, -0.15) is 9.67 Å². The molecule has 104 valence electrons. The largest absolute Gasteiger partial charge is 0.480 e. The highest BCUT2D eigenvalue weighted by Gasteiger charge is 2.12. The van der Waals surface area contributed by atoms with Crippen LogP contribution in [0.3, 0.4) is 0 Å². The summed E-state index contributed by atoms with van der Waals surface area (Å²) in [6.45, 7) is -0.325. The van der Waals surface area contributed by atoms with Gasteiger partial charge in [0.2, 0.25) is 5.95 Å². The number of nitrogen functional groups attached to an aromatic ring is 1. The predicted molar refractivity (Wildman–Crippen MR) is 78.5 cm³/mol. The Kier molecular flexibility index (Phi) is 4.16. The first kappa shape index (κ1) is 14.2. The Labute approximate surface area is 124 Å². The number of benzene rings is 1. The van der Waals surface area contributed by atoms with Gasteiger partial charge in [0.05, 0.1) is 0 Å². The van der Waals surface area contributed by atoms with E-state index in [0.717, 1.165) is 5.56 Å². The molecule has 0 aliphatic carbocycles. The van der Waals surface area contributed by atoms with E-state index in [1.165, 1.54) is 4.68 Å². The summed E-state index contributed by atoms with van der Waals surface area (Å²) in [4.78, 5) is 14.5. The monoisotopic (exact) mass is 311 g/mol. The lowest BCUT2D eigenvalue weighted by molar-refractivity contribution is -0.135. The maximum absolute atomic E-state index is 10.5. The van der Waals surface area contributed by atoms with E-state index in [0.29, 0.717) is 10.8 Å². The molecule has 0 unspecified atom stereocenters. The fourth-order valence-corrected chi connectivity index (χ4v) is 1.75. The van der Waals surface area contributed by atoms with Gasteiger partial charge in [-0.25, -0.2) is 0 Å². The van der Waals surface area contributed by atoms with Crippen LogP contribution in [0.1, 0.15) is 0 Å². The SMILES string of the molecule is Nc1nc(-c2ccc(Cl)cc2)nn1C(=S)NCC(=O)O. The van der Waals surface area contributed by atoms with E-state index < -0.39 is 5.97 Å². The molecule has 1 aromatic heterocycles.